The van der Waals surface area contributed by atoms with E-state index < -0.39 is 11.7 Å². The highest BCUT2D eigenvalue weighted by Crippen LogP contribution is 2.35. The first kappa shape index (κ1) is 20.2. The van der Waals surface area contributed by atoms with Crippen molar-refractivity contribution in [3.63, 3.8) is 0 Å². The van der Waals surface area contributed by atoms with Crippen LogP contribution < -0.4 is 10.2 Å². The molecule has 0 saturated carbocycles. The molecular weight excluding hydrogens is 391 g/mol. The maximum Gasteiger partial charge on any atom is 0.274 e. The minimum atomic E-state index is -0.640. The van der Waals surface area contributed by atoms with Gasteiger partial charge in [0.25, 0.3) is 5.91 Å². The average Bonchev–Trinajstić information content (AvgIpc) is 3.16. The molecule has 3 aromatic rings. The summed E-state index contributed by atoms with van der Waals surface area (Å²) in [5.41, 5.74) is 1.36. The quantitative estimate of drug-likeness (QED) is 0.661. The summed E-state index contributed by atoms with van der Waals surface area (Å²) in [6.45, 7) is 4.67. The van der Waals surface area contributed by atoms with E-state index in [0.717, 1.165) is 5.56 Å². The van der Waals surface area contributed by atoms with Crippen LogP contribution in [0.1, 0.15) is 35.5 Å². The van der Waals surface area contributed by atoms with E-state index in [2.05, 4.69) is 15.5 Å². The predicted octanol–water partition coefficient (Wildman–Crippen LogP) is 2.40. The molecule has 0 aliphatic carbocycles. The van der Waals surface area contributed by atoms with Gasteiger partial charge < -0.3 is 24.6 Å². The third-order valence-corrected chi connectivity index (χ3v) is 5.08. The van der Waals surface area contributed by atoms with Crippen molar-refractivity contribution in [3.8, 4) is 0 Å². The van der Waals surface area contributed by atoms with E-state index in [1.807, 2.05) is 18.7 Å². The SMILES string of the molecule is C[C@@H]1CN(c2c(CO)cc3c(C(=O)NCc4ccncc4)noc3c2F)C[C@H](C)O1. The van der Waals surface area contributed by atoms with E-state index >= 15 is 4.39 Å². The second-order valence-electron chi connectivity index (χ2n) is 7.46. The minimum absolute atomic E-state index is 0.0251. The first-order valence-electron chi connectivity index (χ1n) is 9.77. The highest BCUT2D eigenvalue weighted by molar-refractivity contribution is 6.05. The number of rotatable bonds is 5. The van der Waals surface area contributed by atoms with E-state index in [-0.39, 0.29) is 47.7 Å². The maximum atomic E-state index is 15.4. The number of amides is 1. The molecule has 0 unspecified atom stereocenters. The molecular formula is C21H23FN4O4. The van der Waals surface area contributed by atoms with Crippen LogP contribution in [0.4, 0.5) is 10.1 Å². The van der Waals surface area contributed by atoms with E-state index in [1.54, 1.807) is 30.6 Å². The summed E-state index contributed by atoms with van der Waals surface area (Å²) in [5, 5.41) is 16.7. The van der Waals surface area contributed by atoms with Gasteiger partial charge in [-0.2, -0.15) is 0 Å². The number of pyridine rings is 1. The molecule has 2 atom stereocenters. The molecule has 1 fully saturated rings. The number of anilines is 1. The van der Waals surface area contributed by atoms with Crippen LogP contribution in [0.25, 0.3) is 11.0 Å². The fourth-order valence-corrected chi connectivity index (χ4v) is 3.83. The van der Waals surface area contributed by atoms with Gasteiger partial charge in [0.1, 0.15) is 0 Å². The van der Waals surface area contributed by atoms with Crippen molar-refractivity contribution in [2.75, 3.05) is 18.0 Å². The number of halogens is 1. The van der Waals surface area contributed by atoms with Crippen LogP contribution in [0.5, 0.6) is 0 Å². The van der Waals surface area contributed by atoms with Gasteiger partial charge in [0.05, 0.1) is 29.9 Å². The van der Waals surface area contributed by atoms with Gasteiger partial charge in [-0.1, -0.05) is 5.16 Å². The number of hydrogen-bond donors (Lipinski definition) is 2. The highest BCUT2D eigenvalue weighted by Gasteiger charge is 2.30. The molecule has 1 saturated heterocycles. The summed E-state index contributed by atoms with van der Waals surface area (Å²) in [4.78, 5) is 18.4. The normalized spacial score (nSPS) is 19.3. The van der Waals surface area contributed by atoms with Crippen molar-refractivity contribution >= 4 is 22.6 Å². The van der Waals surface area contributed by atoms with E-state index in [4.69, 9.17) is 9.26 Å². The number of aromatic nitrogens is 2. The second kappa shape index (κ2) is 8.37. The summed E-state index contributed by atoms with van der Waals surface area (Å²) in [7, 11) is 0. The Labute approximate surface area is 172 Å². The minimum Gasteiger partial charge on any atom is -0.392 e. The first-order chi connectivity index (χ1) is 14.5. The molecule has 30 heavy (non-hydrogen) atoms. The van der Waals surface area contributed by atoms with Crippen molar-refractivity contribution in [1.29, 1.82) is 0 Å². The van der Waals surface area contributed by atoms with E-state index in [1.165, 1.54) is 0 Å². The van der Waals surface area contributed by atoms with Crippen LogP contribution in [0, 0.1) is 5.82 Å². The van der Waals surface area contributed by atoms with Gasteiger partial charge in [-0.15, -0.1) is 0 Å². The fourth-order valence-electron chi connectivity index (χ4n) is 3.83. The van der Waals surface area contributed by atoms with E-state index in [9.17, 15) is 9.90 Å². The molecule has 4 rings (SSSR count). The molecule has 9 heteroatoms. The molecule has 8 nitrogen and oxygen atoms in total. The van der Waals surface area contributed by atoms with Crippen LogP contribution in [0.2, 0.25) is 0 Å². The van der Waals surface area contributed by atoms with Crippen LogP contribution >= 0.6 is 0 Å². The molecule has 1 amide bonds. The third kappa shape index (κ3) is 3.86. The van der Waals surface area contributed by atoms with Crippen molar-refractivity contribution in [2.24, 2.45) is 0 Å². The summed E-state index contributed by atoms with van der Waals surface area (Å²) in [5.74, 6) is -1.13. The zero-order chi connectivity index (χ0) is 21.3. The van der Waals surface area contributed by atoms with Gasteiger partial charge in [-0.3, -0.25) is 9.78 Å². The summed E-state index contributed by atoms with van der Waals surface area (Å²) >= 11 is 0. The molecule has 1 aliphatic rings. The Bertz CT molecular complexity index is 1050. The van der Waals surface area contributed by atoms with Crippen LogP contribution in [-0.2, 0) is 17.9 Å². The number of aliphatic hydroxyl groups excluding tert-OH is 1. The molecule has 2 aromatic heterocycles. The van der Waals surface area contributed by atoms with Gasteiger partial charge in [0, 0.05) is 37.6 Å². The standard InChI is InChI=1S/C21H23FN4O4/c1-12-9-26(10-13(2)29-12)19-15(11-27)7-16-18(25-30-20(16)17(19)22)21(28)24-8-14-3-5-23-6-4-14/h3-7,12-13,27H,8-11H2,1-2H3,(H,24,28)/t12-,13+. The lowest BCUT2D eigenvalue weighted by Gasteiger charge is -2.37. The van der Waals surface area contributed by atoms with Crippen molar-refractivity contribution in [2.45, 2.75) is 39.2 Å². The Kier molecular flexibility index (Phi) is 5.65. The largest absolute Gasteiger partial charge is 0.392 e. The average molecular weight is 414 g/mol. The zero-order valence-corrected chi connectivity index (χ0v) is 16.8. The lowest BCUT2D eigenvalue weighted by molar-refractivity contribution is -0.00550. The van der Waals surface area contributed by atoms with Crippen LogP contribution in [0.15, 0.2) is 35.1 Å². The number of benzene rings is 1. The Hall–Kier alpha value is -3.04. The topological polar surface area (TPSA) is 101 Å². The number of carbonyl (C=O) groups is 1. The van der Waals surface area contributed by atoms with E-state index in [0.29, 0.717) is 18.7 Å². The molecule has 1 aromatic carbocycles. The highest BCUT2D eigenvalue weighted by atomic mass is 19.1. The van der Waals surface area contributed by atoms with Gasteiger partial charge in [0.2, 0.25) is 5.58 Å². The third-order valence-electron chi connectivity index (χ3n) is 5.08. The van der Waals surface area contributed by atoms with Gasteiger partial charge in [0.15, 0.2) is 11.5 Å². The Morgan fingerprint density at radius 2 is 2.00 bits per heavy atom. The second-order valence-corrected chi connectivity index (χ2v) is 7.46. The number of nitrogens with one attached hydrogen (secondary N) is 1. The predicted molar refractivity (Wildman–Crippen MR) is 108 cm³/mol. The number of aliphatic hydroxyl groups is 1. The number of morpholine rings is 1. The molecule has 158 valence electrons. The van der Waals surface area contributed by atoms with Gasteiger partial charge in [-0.25, -0.2) is 4.39 Å². The molecule has 3 heterocycles. The molecule has 1 aliphatic heterocycles. The number of nitrogens with zero attached hydrogens (tertiary/aromatic N) is 3. The fraction of sp³-hybridized carbons (Fsp3) is 0.381. The molecule has 0 bridgehead atoms. The lowest BCUT2D eigenvalue weighted by Crippen LogP contribution is -2.46. The van der Waals surface area contributed by atoms with Crippen molar-refractivity contribution in [3.05, 3.63) is 53.2 Å². The smallest absolute Gasteiger partial charge is 0.274 e. The number of hydrogen-bond acceptors (Lipinski definition) is 7. The molecule has 0 radical (unpaired) electrons. The van der Waals surface area contributed by atoms with Crippen molar-refractivity contribution < 1.29 is 23.6 Å². The lowest BCUT2D eigenvalue weighted by atomic mass is 10.0. The number of ether oxygens (including phenoxy) is 1. The Balaban J connectivity index is 1.66. The Morgan fingerprint density at radius 3 is 2.67 bits per heavy atom. The van der Waals surface area contributed by atoms with Crippen molar-refractivity contribution in [1.82, 2.24) is 15.5 Å². The summed E-state index contributed by atoms with van der Waals surface area (Å²) in [6.07, 6.45) is 3.09. The molecule has 2 N–H and O–H groups in total. The summed E-state index contributed by atoms with van der Waals surface area (Å²) < 4.78 is 26.3. The maximum absolute atomic E-state index is 15.4. The number of fused-ring (bicyclic) bond motifs is 1. The monoisotopic (exact) mass is 414 g/mol. The zero-order valence-electron chi connectivity index (χ0n) is 16.8. The number of carbonyl (C=O) groups excluding carboxylic acids is 1. The molecule has 0 spiro atoms. The summed E-state index contributed by atoms with van der Waals surface area (Å²) in [6, 6.07) is 5.12. The first-order valence-corrected chi connectivity index (χ1v) is 9.77. The van der Waals surface area contributed by atoms with Gasteiger partial charge >= 0.3 is 0 Å². The Morgan fingerprint density at radius 1 is 1.30 bits per heavy atom. The van der Waals surface area contributed by atoms with Crippen LogP contribution in [0.3, 0.4) is 0 Å². The van der Waals surface area contributed by atoms with Gasteiger partial charge in [-0.05, 0) is 37.6 Å². The van der Waals surface area contributed by atoms with Crippen LogP contribution in [-0.4, -0.2) is 46.5 Å².